The molecule has 1 fully saturated rings. The van der Waals surface area contributed by atoms with Gasteiger partial charge in [-0.15, -0.1) is 0 Å². The van der Waals surface area contributed by atoms with Gasteiger partial charge in [0.1, 0.15) is 0 Å². The molecular weight excluding hydrogens is 300 g/mol. The summed E-state index contributed by atoms with van der Waals surface area (Å²) in [6, 6.07) is 0. The van der Waals surface area contributed by atoms with Crippen LogP contribution in [-0.2, 0) is 24.3 Å². The van der Waals surface area contributed by atoms with Gasteiger partial charge in [-0.2, -0.15) is 0 Å². The van der Waals surface area contributed by atoms with E-state index >= 15 is 0 Å². The molecule has 2 N–H and O–H groups in total. The van der Waals surface area contributed by atoms with Crippen LogP contribution in [0.4, 0.5) is 0 Å². The number of nitrogens with zero attached hydrogens (tertiary/aromatic N) is 1. The van der Waals surface area contributed by atoms with Crippen molar-refractivity contribution in [1.29, 1.82) is 0 Å². The number of rotatable bonds is 7. The highest BCUT2D eigenvalue weighted by Crippen LogP contribution is 2.19. The summed E-state index contributed by atoms with van der Waals surface area (Å²) in [7, 11) is -2.05. The van der Waals surface area contributed by atoms with Crippen LogP contribution in [0, 0.1) is 5.92 Å². The molecule has 1 rings (SSSR count). The molecule has 0 aromatic rings. The highest BCUT2D eigenvalue weighted by atomic mass is 32.2. The van der Waals surface area contributed by atoms with Gasteiger partial charge < -0.3 is 15.2 Å². The van der Waals surface area contributed by atoms with E-state index in [0.29, 0.717) is 19.4 Å². The summed E-state index contributed by atoms with van der Waals surface area (Å²) in [5, 5.41) is 11.3. The highest BCUT2D eigenvalue weighted by Gasteiger charge is 2.31. The molecule has 0 saturated carbocycles. The maximum Gasteiger partial charge on any atom is 0.334 e. The van der Waals surface area contributed by atoms with Gasteiger partial charge in [0.2, 0.25) is 15.9 Å². The Morgan fingerprint density at radius 3 is 2.67 bits per heavy atom. The summed E-state index contributed by atoms with van der Waals surface area (Å²) in [5.41, 5.74) is 0. The van der Waals surface area contributed by atoms with Gasteiger partial charge in [0.25, 0.3) is 0 Å². The van der Waals surface area contributed by atoms with Gasteiger partial charge in [-0.25, -0.2) is 17.5 Å². The Balaban J connectivity index is 2.56. The minimum absolute atomic E-state index is 0.00605. The highest BCUT2D eigenvalue weighted by molar-refractivity contribution is 7.89. The van der Waals surface area contributed by atoms with Gasteiger partial charge >= 0.3 is 5.97 Å². The van der Waals surface area contributed by atoms with Crippen LogP contribution in [0.5, 0.6) is 0 Å². The van der Waals surface area contributed by atoms with E-state index in [1.165, 1.54) is 11.4 Å². The fourth-order valence-electron chi connectivity index (χ4n) is 2.20. The predicted molar refractivity (Wildman–Crippen MR) is 75.2 cm³/mol. The third kappa shape index (κ3) is 4.94. The third-order valence-electron chi connectivity index (χ3n) is 3.53. The molecule has 1 aliphatic heterocycles. The minimum Gasteiger partial charge on any atom is -0.479 e. The second kappa shape index (κ2) is 7.71. The number of methoxy groups -OCH3 is 1. The molecule has 0 aromatic carbocycles. The lowest BCUT2D eigenvalue weighted by atomic mass is 9.99. The van der Waals surface area contributed by atoms with Crippen molar-refractivity contribution in [2.45, 2.75) is 25.9 Å². The van der Waals surface area contributed by atoms with Crippen LogP contribution < -0.4 is 5.32 Å². The van der Waals surface area contributed by atoms with Crippen LogP contribution in [0.1, 0.15) is 19.8 Å². The lowest BCUT2D eigenvalue weighted by Gasteiger charge is -2.31. The summed E-state index contributed by atoms with van der Waals surface area (Å²) >= 11 is 0. The fourth-order valence-corrected chi connectivity index (χ4v) is 3.38. The van der Waals surface area contributed by atoms with Gasteiger partial charge in [-0.1, -0.05) is 0 Å². The van der Waals surface area contributed by atoms with Crippen LogP contribution in [0.25, 0.3) is 0 Å². The number of carbonyl (C=O) groups is 2. The van der Waals surface area contributed by atoms with E-state index in [9.17, 15) is 18.0 Å². The van der Waals surface area contributed by atoms with E-state index in [2.05, 4.69) is 5.32 Å². The molecule has 1 aliphatic rings. The summed E-state index contributed by atoms with van der Waals surface area (Å²) in [6.07, 6.45) is 0.101. The topological polar surface area (TPSA) is 113 Å². The molecule has 1 saturated heterocycles. The van der Waals surface area contributed by atoms with E-state index in [1.54, 1.807) is 6.92 Å². The van der Waals surface area contributed by atoms with E-state index in [4.69, 9.17) is 9.84 Å². The summed E-state index contributed by atoms with van der Waals surface area (Å²) in [4.78, 5) is 22.8. The first kappa shape index (κ1) is 17.9. The largest absolute Gasteiger partial charge is 0.479 e. The lowest BCUT2D eigenvalue weighted by Crippen LogP contribution is -2.47. The molecule has 2 atom stereocenters. The second-order valence-corrected chi connectivity index (χ2v) is 7.16. The first-order chi connectivity index (χ1) is 9.81. The molecule has 9 heteroatoms. The monoisotopic (exact) mass is 322 g/mol. The Morgan fingerprint density at radius 1 is 1.48 bits per heavy atom. The molecule has 0 aromatic heterocycles. The van der Waals surface area contributed by atoms with Gasteiger partial charge in [0, 0.05) is 20.2 Å². The molecule has 1 amide bonds. The fraction of sp³-hybridized carbons (Fsp3) is 0.833. The molecule has 2 unspecified atom stereocenters. The summed E-state index contributed by atoms with van der Waals surface area (Å²) in [6.45, 7) is 2.00. The normalized spacial score (nSPS) is 21.7. The Hall–Kier alpha value is -1.19. The zero-order valence-corrected chi connectivity index (χ0v) is 13.1. The van der Waals surface area contributed by atoms with E-state index < -0.39 is 28.0 Å². The predicted octanol–water partition coefficient (Wildman–Crippen LogP) is -0.736. The molecule has 0 aliphatic carbocycles. The van der Waals surface area contributed by atoms with Gasteiger partial charge in [0.15, 0.2) is 6.10 Å². The Kier molecular flexibility index (Phi) is 6.56. The number of piperidine rings is 1. The first-order valence-corrected chi connectivity index (χ1v) is 8.43. The molecule has 0 bridgehead atoms. The number of hydrogen-bond acceptors (Lipinski definition) is 5. The first-order valence-electron chi connectivity index (χ1n) is 6.83. The molecule has 0 radical (unpaired) electrons. The molecule has 122 valence electrons. The van der Waals surface area contributed by atoms with E-state index in [0.717, 1.165) is 0 Å². The number of carbonyl (C=O) groups excluding carboxylic acids is 1. The van der Waals surface area contributed by atoms with Crippen molar-refractivity contribution in [2.75, 3.05) is 32.5 Å². The zero-order valence-electron chi connectivity index (χ0n) is 12.2. The molecule has 21 heavy (non-hydrogen) atoms. The Morgan fingerprint density at radius 2 is 2.14 bits per heavy atom. The third-order valence-corrected chi connectivity index (χ3v) is 5.38. The van der Waals surface area contributed by atoms with Crippen LogP contribution in [0.2, 0.25) is 0 Å². The van der Waals surface area contributed by atoms with Crippen molar-refractivity contribution in [3.8, 4) is 0 Å². The maximum atomic E-state index is 12.0. The molecule has 0 spiro atoms. The standard InChI is InChI=1S/C12H22N2O6S/c1-3-21(18,19)14-6-4-5-9(8-14)11(15)13-7-10(20-2)12(16)17/h9-10H,3-8H2,1-2H3,(H,13,15)(H,16,17). The van der Waals surface area contributed by atoms with Crippen molar-refractivity contribution in [3.05, 3.63) is 0 Å². The molecular formula is C12H22N2O6S. The van der Waals surface area contributed by atoms with Crippen LogP contribution in [-0.4, -0.2) is 68.3 Å². The van der Waals surface area contributed by atoms with Crippen LogP contribution in [0.15, 0.2) is 0 Å². The van der Waals surface area contributed by atoms with Crippen LogP contribution >= 0.6 is 0 Å². The Bertz CT molecular complexity index is 478. The van der Waals surface area contributed by atoms with Crippen molar-refractivity contribution in [2.24, 2.45) is 5.92 Å². The van der Waals surface area contributed by atoms with Crippen LogP contribution in [0.3, 0.4) is 0 Å². The quantitative estimate of drug-likeness (QED) is 0.638. The SMILES string of the molecule is CCS(=O)(=O)N1CCCC(C(=O)NCC(OC)C(=O)O)C1. The van der Waals surface area contributed by atoms with Crippen molar-refractivity contribution in [1.82, 2.24) is 9.62 Å². The van der Waals surface area contributed by atoms with Crippen molar-refractivity contribution >= 4 is 21.9 Å². The number of sulfonamides is 1. The van der Waals surface area contributed by atoms with Gasteiger partial charge in [0.05, 0.1) is 18.2 Å². The van der Waals surface area contributed by atoms with E-state index in [1.807, 2.05) is 0 Å². The number of hydrogen-bond donors (Lipinski definition) is 2. The molecule has 8 nitrogen and oxygen atoms in total. The number of carboxylic acid groups (broad SMARTS) is 1. The number of nitrogens with one attached hydrogen (secondary N) is 1. The summed E-state index contributed by atoms with van der Waals surface area (Å²) < 4.78 is 29.7. The average molecular weight is 322 g/mol. The van der Waals surface area contributed by atoms with Crippen molar-refractivity contribution < 1.29 is 27.9 Å². The smallest absolute Gasteiger partial charge is 0.334 e. The van der Waals surface area contributed by atoms with E-state index in [-0.39, 0.29) is 24.7 Å². The number of carboxylic acids is 1. The average Bonchev–Trinajstić information content (AvgIpc) is 2.47. The van der Waals surface area contributed by atoms with Gasteiger partial charge in [-0.05, 0) is 19.8 Å². The maximum absolute atomic E-state index is 12.0. The lowest BCUT2D eigenvalue weighted by molar-refractivity contribution is -0.148. The van der Waals surface area contributed by atoms with Crippen molar-refractivity contribution in [3.63, 3.8) is 0 Å². The Labute approximate surface area is 124 Å². The van der Waals surface area contributed by atoms with Gasteiger partial charge in [-0.3, -0.25) is 4.79 Å². The number of aliphatic carboxylic acids is 1. The number of amides is 1. The molecule has 1 heterocycles. The number of ether oxygens (including phenoxy) is 1. The zero-order chi connectivity index (χ0) is 16.0. The minimum atomic E-state index is -3.30. The second-order valence-electron chi connectivity index (χ2n) is 4.91. The summed E-state index contributed by atoms with van der Waals surface area (Å²) in [5.74, 6) is -1.94.